The average Bonchev–Trinajstić information content (AvgIpc) is 2.74. The van der Waals surface area contributed by atoms with E-state index in [0.717, 1.165) is 36.3 Å². The number of aromatic nitrogens is 2. The molecule has 0 saturated carbocycles. The van der Waals surface area contributed by atoms with Gasteiger partial charge in [-0.15, -0.1) is 0 Å². The first-order valence-electron chi connectivity index (χ1n) is 10.3. The van der Waals surface area contributed by atoms with Gasteiger partial charge in [-0.05, 0) is 30.4 Å². The van der Waals surface area contributed by atoms with E-state index in [1.165, 1.54) is 11.1 Å². The Balaban J connectivity index is 1.22. The van der Waals surface area contributed by atoms with Crippen LogP contribution < -0.4 is 10.2 Å². The lowest BCUT2D eigenvalue weighted by Gasteiger charge is -2.40. The van der Waals surface area contributed by atoms with Gasteiger partial charge in [-0.25, -0.2) is 9.97 Å². The normalized spacial score (nSPS) is 18.6. The number of aryl methyl sites for hydroxylation is 1. The molecule has 1 aliphatic heterocycles. The number of amides is 1. The average molecular weight is 384 g/mol. The van der Waals surface area contributed by atoms with E-state index in [0.29, 0.717) is 13.1 Å². The first-order chi connectivity index (χ1) is 14.3. The zero-order valence-corrected chi connectivity index (χ0v) is 16.3. The summed E-state index contributed by atoms with van der Waals surface area (Å²) < 4.78 is 0. The third-order valence-corrected chi connectivity index (χ3v) is 5.98. The Morgan fingerprint density at radius 3 is 2.66 bits per heavy atom. The third kappa shape index (κ3) is 3.60. The van der Waals surface area contributed by atoms with Crippen molar-refractivity contribution in [2.75, 3.05) is 18.0 Å². The minimum absolute atomic E-state index is 0.0132. The Hall–Kier alpha value is -3.21. The van der Waals surface area contributed by atoms with Crippen molar-refractivity contribution in [2.24, 2.45) is 5.92 Å². The maximum Gasteiger partial charge on any atom is 0.227 e. The monoisotopic (exact) mass is 384 g/mol. The van der Waals surface area contributed by atoms with Gasteiger partial charge < -0.3 is 10.2 Å². The zero-order valence-electron chi connectivity index (χ0n) is 16.3. The molecule has 3 aromatic rings. The number of anilines is 1. The van der Waals surface area contributed by atoms with E-state index in [2.05, 4.69) is 44.5 Å². The van der Waals surface area contributed by atoms with Crippen molar-refractivity contribution in [3.8, 4) is 11.3 Å². The predicted octanol–water partition coefficient (Wildman–Crippen LogP) is 3.77. The molecule has 0 bridgehead atoms. The summed E-state index contributed by atoms with van der Waals surface area (Å²) in [6.07, 6.45) is 4.86. The summed E-state index contributed by atoms with van der Waals surface area (Å²) in [5, 5.41) is 3.29. The van der Waals surface area contributed by atoms with E-state index in [9.17, 15) is 4.79 Å². The fourth-order valence-corrected chi connectivity index (χ4v) is 4.31. The lowest BCUT2D eigenvalue weighted by Crippen LogP contribution is -2.54. The van der Waals surface area contributed by atoms with Gasteiger partial charge >= 0.3 is 0 Å². The quantitative estimate of drug-likeness (QED) is 0.744. The van der Waals surface area contributed by atoms with Crippen LogP contribution in [0.15, 0.2) is 67.0 Å². The largest absolute Gasteiger partial charge is 0.355 e. The van der Waals surface area contributed by atoms with Crippen LogP contribution in [0.2, 0.25) is 0 Å². The van der Waals surface area contributed by atoms with E-state index < -0.39 is 0 Å². The van der Waals surface area contributed by atoms with Crippen molar-refractivity contribution in [1.82, 2.24) is 15.3 Å². The number of hydrogen-bond donors (Lipinski definition) is 1. The highest BCUT2D eigenvalue weighted by Gasteiger charge is 2.35. The maximum absolute atomic E-state index is 12.8. The number of carbonyl (C=O) groups excluding carboxylic acids is 1. The molecular weight excluding hydrogens is 360 g/mol. The van der Waals surface area contributed by atoms with Crippen LogP contribution in [0.25, 0.3) is 11.3 Å². The van der Waals surface area contributed by atoms with Crippen LogP contribution in [0.1, 0.15) is 30.0 Å². The first kappa shape index (κ1) is 17.9. The van der Waals surface area contributed by atoms with Crippen LogP contribution in [-0.4, -0.2) is 29.0 Å². The van der Waals surface area contributed by atoms with Crippen molar-refractivity contribution >= 4 is 11.7 Å². The van der Waals surface area contributed by atoms with Crippen LogP contribution in [-0.2, 0) is 11.2 Å². The van der Waals surface area contributed by atoms with E-state index in [-0.39, 0.29) is 17.9 Å². The molecule has 0 radical (unpaired) electrons. The smallest absolute Gasteiger partial charge is 0.227 e. The van der Waals surface area contributed by atoms with Gasteiger partial charge in [0.15, 0.2) is 0 Å². The minimum Gasteiger partial charge on any atom is -0.355 e. The molecule has 2 heterocycles. The fourth-order valence-electron chi connectivity index (χ4n) is 4.31. The summed E-state index contributed by atoms with van der Waals surface area (Å²) in [5.74, 6) is 1.05. The third-order valence-electron chi connectivity index (χ3n) is 5.98. The number of nitrogens with one attached hydrogen (secondary N) is 1. The molecule has 1 saturated heterocycles. The zero-order chi connectivity index (χ0) is 19.6. The number of nitrogens with zero attached hydrogens (tertiary/aromatic N) is 3. The second-order valence-corrected chi connectivity index (χ2v) is 7.88. The summed E-state index contributed by atoms with van der Waals surface area (Å²) in [6.45, 7) is 1.40. The summed E-state index contributed by atoms with van der Waals surface area (Å²) in [4.78, 5) is 23.7. The lowest BCUT2D eigenvalue weighted by atomic mass is 9.87. The molecule has 1 amide bonds. The fraction of sp³-hybridized carbons (Fsp3) is 0.292. The number of rotatable bonds is 4. The van der Waals surface area contributed by atoms with Crippen LogP contribution in [0.5, 0.6) is 0 Å². The Labute approximate surface area is 170 Å². The molecule has 1 aliphatic carbocycles. The van der Waals surface area contributed by atoms with E-state index in [4.69, 9.17) is 0 Å². The second kappa shape index (κ2) is 7.66. The van der Waals surface area contributed by atoms with E-state index in [1.54, 1.807) is 6.33 Å². The van der Waals surface area contributed by atoms with Crippen LogP contribution >= 0.6 is 0 Å². The van der Waals surface area contributed by atoms with Crippen molar-refractivity contribution in [3.05, 3.63) is 78.1 Å². The standard InChI is InChI=1S/C24H24N4O/c29-24(27-21-12-6-10-17-7-4-5-11-20(17)21)19-14-28(15-19)23-13-22(25-16-26-23)18-8-2-1-3-9-18/h1-5,7-9,11,13,16,19,21H,6,10,12,14-15H2,(H,27,29)/t21-/m1/s1. The van der Waals surface area contributed by atoms with E-state index in [1.807, 2.05) is 36.4 Å². The Kier molecular flexibility index (Phi) is 4.72. The molecule has 1 aromatic heterocycles. The summed E-state index contributed by atoms with van der Waals surface area (Å²) >= 11 is 0. The molecule has 1 atom stereocenters. The molecule has 1 fully saturated rings. The summed E-state index contributed by atoms with van der Waals surface area (Å²) in [7, 11) is 0. The van der Waals surface area contributed by atoms with Gasteiger partial charge in [0, 0.05) is 24.7 Å². The summed E-state index contributed by atoms with van der Waals surface area (Å²) in [5.41, 5.74) is 4.63. The lowest BCUT2D eigenvalue weighted by molar-refractivity contribution is -0.126. The highest BCUT2D eigenvalue weighted by atomic mass is 16.2. The highest BCUT2D eigenvalue weighted by Crippen LogP contribution is 2.31. The molecule has 1 N–H and O–H groups in total. The predicted molar refractivity (Wildman–Crippen MR) is 113 cm³/mol. The Morgan fingerprint density at radius 2 is 1.79 bits per heavy atom. The molecule has 5 rings (SSSR count). The molecule has 146 valence electrons. The van der Waals surface area contributed by atoms with E-state index >= 15 is 0 Å². The van der Waals surface area contributed by atoms with Crippen LogP contribution in [0.3, 0.4) is 0 Å². The van der Waals surface area contributed by atoms with Gasteiger partial charge in [-0.1, -0.05) is 54.6 Å². The number of fused-ring (bicyclic) bond motifs is 1. The van der Waals surface area contributed by atoms with Gasteiger partial charge in [0.25, 0.3) is 0 Å². The first-order valence-corrected chi connectivity index (χ1v) is 10.3. The van der Waals surface area contributed by atoms with Gasteiger partial charge in [-0.2, -0.15) is 0 Å². The van der Waals surface area contributed by atoms with Gasteiger partial charge in [0.05, 0.1) is 17.7 Å². The van der Waals surface area contributed by atoms with Crippen LogP contribution in [0, 0.1) is 5.92 Å². The molecular formula is C24H24N4O. The van der Waals surface area contributed by atoms with Crippen LogP contribution in [0.4, 0.5) is 5.82 Å². The molecule has 2 aliphatic rings. The van der Waals surface area contributed by atoms with Crippen molar-refractivity contribution < 1.29 is 4.79 Å². The molecule has 0 unspecified atom stereocenters. The Bertz CT molecular complexity index is 1010. The van der Waals surface area contributed by atoms with Crippen molar-refractivity contribution in [2.45, 2.75) is 25.3 Å². The van der Waals surface area contributed by atoms with Gasteiger partial charge in [-0.3, -0.25) is 4.79 Å². The molecule has 2 aromatic carbocycles. The minimum atomic E-state index is 0.0132. The Morgan fingerprint density at radius 1 is 1.00 bits per heavy atom. The van der Waals surface area contributed by atoms with Gasteiger partial charge in [0.1, 0.15) is 12.1 Å². The summed E-state index contributed by atoms with van der Waals surface area (Å²) in [6, 6.07) is 20.7. The molecule has 29 heavy (non-hydrogen) atoms. The SMILES string of the molecule is O=C(N[C@@H]1CCCc2ccccc21)C1CN(c2cc(-c3ccccc3)ncn2)C1. The molecule has 0 spiro atoms. The molecule has 5 heteroatoms. The van der Waals surface area contributed by atoms with Crippen molar-refractivity contribution in [1.29, 1.82) is 0 Å². The second-order valence-electron chi connectivity index (χ2n) is 7.88. The maximum atomic E-state index is 12.8. The number of hydrogen-bond acceptors (Lipinski definition) is 4. The number of carbonyl (C=O) groups is 1. The van der Waals surface area contributed by atoms with Crippen molar-refractivity contribution in [3.63, 3.8) is 0 Å². The highest BCUT2D eigenvalue weighted by molar-refractivity contribution is 5.82. The van der Waals surface area contributed by atoms with Gasteiger partial charge in [0.2, 0.25) is 5.91 Å². The topological polar surface area (TPSA) is 58.1 Å². The number of benzene rings is 2. The molecule has 5 nitrogen and oxygen atoms in total.